The second kappa shape index (κ2) is 7.85. The molecule has 0 saturated carbocycles. The van der Waals surface area contributed by atoms with Gasteiger partial charge in [0, 0.05) is 23.6 Å². The fraction of sp³-hybridized carbons (Fsp3) is 0.321. The zero-order valence-electron chi connectivity index (χ0n) is 19.5. The van der Waals surface area contributed by atoms with E-state index in [-0.39, 0.29) is 31.2 Å². The Balaban J connectivity index is 1.35. The van der Waals surface area contributed by atoms with Crippen molar-refractivity contribution in [1.82, 2.24) is 0 Å². The van der Waals surface area contributed by atoms with Gasteiger partial charge in [0.25, 0.3) is 0 Å². The molecule has 7 nitrogen and oxygen atoms in total. The number of carbonyl (C=O) groups excluding carboxylic acids is 2. The number of halogens is 1. The van der Waals surface area contributed by atoms with Crippen LogP contribution in [0.25, 0.3) is 10.8 Å². The van der Waals surface area contributed by atoms with Crippen LogP contribution in [-0.2, 0) is 14.3 Å². The molecule has 3 aliphatic heterocycles. The molecule has 2 amide bonds. The van der Waals surface area contributed by atoms with Gasteiger partial charge in [-0.15, -0.1) is 0 Å². The van der Waals surface area contributed by atoms with E-state index >= 15 is 0 Å². The minimum absolute atomic E-state index is 0.166. The lowest BCUT2D eigenvalue weighted by atomic mass is 9.66. The molecule has 3 heterocycles. The van der Waals surface area contributed by atoms with Gasteiger partial charge in [0.2, 0.25) is 11.8 Å². The number of anilines is 1. The van der Waals surface area contributed by atoms with Gasteiger partial charge in [0.15, 0.2) is 0 Å². The van der Waals surface area contributed by atoms with Crippen LogP contribution in [0.4, 0.5) is 10.1 Å². The molecule has 6 rings (SSSR count). The number of aliphatic hydroxyl groups excluding tert-OH is 1. The number of fused-ring (bicyclic) bond motifs is 6. The number of nitrogens with zero attached hydrogens (tertiary/aromatic N) is 2. The van der Waals surface area contributed by atoms with E-state index in [0.29, 0.717) is 27.8 Å². The van der Waals surface area contributed by atoms with Gasteiger partial charge < -0.3 is 14.6 Å². The lowest BCUT2D eigenvalue weighted by molar-refractivity contribution is -0.134. The summed E-state index contributed by atoms with van der Waals surface area (Å²) in [5, 5.41) is 21.7. The number of aliphatic hydroxyl groups is 1. The maximum Gasteiger partial charge on any atom is 0.240 e. The highest BCUT2D eigenvalue weighted by molar-refractivity contribution is 6.26. The van der Waals surface area contributed by atoms with Gasteiger partial charge in [-0.3, -0.25) is 9.59 Å². The molecule has 1 unspecified atom stereocenters. The van der Waals surface area contributed by atoms with Crippen molar-refractivity contribution in [2.24, 2.45) is 11.8 Å². The molecule has 2 bridgehead atoms. The van der Waals surface area contributed by atoms with Crippen molar-refractivity contribution in [2.45, 2.75) is 37.1 Å². The summed E-state index contributed by atoms with van der Waals surface area (Å²) in [4.78, 5) is 28.9. The van der Waals surface area contributed by atoms with Crippen LogP contribution in [0.15, 0.2) is 60.7 Å². The average molecular weight is 486 g/mol. The van der Waals surface area contributed by atoms with E-state index in [9.17, 15) is 24.3 Å². The molecule has 1 N–H and O–H groups in total. The molecule has 0 aromatic heterocycles. The maximum atomic E-state index is 13.9. The Morgan fingerprint density at radius 2 is 1.78 bits per heavy atom. The van der Waals surface area contributed by atoms with Gasteiger partial charge in [0.05, 0.1) is 47.5 Å². The number of ether oxygens (including phenoxy) is 2. The lowest BCUT2D eigenvalue weighted by Gasteiger charge is -2.33. The third-order valence-electron chi connectivity index (χ3n) is 7.98. The summed E-state index contributed by atoms with van der Waals surface area (Å²) >= 11 is 0. The van der Waals surface area contributed by atoms with E-state index in [0.717, 1.165) is 0 Å². The van der Waals surface area contributed by atoms with Gasteiger partial charge in [-0.25, -0.2) is 9.29 Å². The molecule has 8 heteroatoms. The first kappa shape index (κ1) is 22.7. The van der Waals surface area contributed by atoms with Gasteiger partial charge in [-0.05, 0) is 43.3 Å². The number of carbonyl (C=O) groups is 2. The molecule has 182 valence electrons. The summed E-state index contributed by atoms with van der Waals surface area (Å²) in [7, 11) is 0. The molecule has 0 spiro atoms. The van der Waals surface area contributed by atoms with E-state index in [1.165, 1.54) is 29.2 Å². The van der Waals surface area contributed by atoms with E-state index < -0.39 is 35.0 Å². The minimum atomic E-state index is -1.20. The van der Waals surface area contributed by atoms with Crippen LogP contribution < -0.4 is 9.64 Å². The van der Waals surface area contributed by atoms with Gasteiger partial charge >= 0.3 is 0 Å². The van der Waals surface area contributed by atoms with Crippen molar-refractivity contribution >= 4 is 28.3 Å². The summed E-state index contributed by atoms with van der Waals surface area (Å²) in [6.45, 7) is 1.86. The second-order valence-electron chi connectivity index (χ2n) is 9.88. The van der Waals surface area contributed by atoms with Crippen molar-refractivity contribution in [2.75, 3.05) is 11.5 Å². The van der Waals surface area contributed by atoms with Crippen molar-refractivity contribution in [1.29, 1.82) is 5.26 Å². The summed E-state index contributed by atoms with van der Waals surface area (Å²) < 4.78 is 25.3. The van der Waals surface area contributed by atoms with Gasteiger partial charge in [0.1, 0.15) is 17.2 Å². The minimum Gasteiger partial charge on any atom is -0.493 e. The topological polar surface area (TPSA) is 99.9 Å². The number of hydrogen-bond donors (Lipinski definition) is 1. The van der Waals surface area contributed by atoms with E-state index in [4.69, 9.17) is 9.47 Å². The molecule has 5 atom stereocenters. The number of nitriles is 1. The monoisotopic (exact) mass is 486 g/mol. The highest BCUT2D eigenvalue weighted by Crippen LogP contribution is 2.62. The summed E-state index contributed by atoms with van der Waals surface area (Å²) in [5.41, 5.74) is -1.40. The quantitative estimate of drug-likeness (QED) is 0.552. The largest absolute Gasteiger partial charge is 0.493 e. The number of benzene rings is 3. The van der Waals surface area contributed by atoms with E-state index in [1.807, 2.05) is 0 Å². The zero-order chi connectivity index (χ0) is 25.2. The molecule has 3 fully saturated rings. The smallest absolute Gasteiger partial charge is 0.240 e. The summed E-state index contributed by atoms with van der Waals surface area (Å²) in [6, 6.07) is 18.2. The van der Waals surface area contributed by atoms with E-state index in [1.54, 1.807) is 43.3 Å². The third-order valence-corrected chi connectivity index (χ3v) is 7.98. The van der Waals surface area contributed by atoms with Crippen LogP contribution in [0, 0.1) is 29.0 Å². The van der Waals surface area contributed by atoms with Crippen LogP contribution in [-0.4, -0.2) is 40.8 Å². The maximum absolute atomic E-state index is 13.9. The third kappa shape index (κ3) is 3.03. The Labute approximate surface area is 206 Å². The molecule has 3 aliphatic rings. The summed E-state index contributed by atoms with van der Waals surface area (Å²) in [5.74, 6) is -2.30. The Hall–Kier alpha value is -3.80. The first-order chi connectivity index (χ1) is 17.3. The summed E-state index contributed by atoms with van der Waals surface area (Å²) in [6.07, 6.45) is -0.434. The molecule has 0 aliphatic carbocycles. The van der Waals surface area contributed by atoms with Crippen LogP contribution >= 0.6 is 0 Å². The SMILES string of the molecule is C[C@]12O[C@](CCOc3ccc(F)cc3)(CC1O)[C@H]1C(=O)N(c3ccc(C#N)c4ccccc34)C(=O)[C@H]12. The molecule has 3 aromatic carbocycles. The molecular formula is C28H23FN2O5. The fourth-order valence-corrected chi connectivity index (χ4v) is 6.31. The molecule has 36 heavy (non-hydrogen) atoms. The highest BCUT2D eigenvalue weighted by Gasteiger charge is 2.77. The standard InChI is InChI=1S/C28H23FN2O5/c1-27-22(32)14-28(36-27,12-13-35-18-9-7-17(29)8-10-18)24-23(27)25(33)31(26(24)34)21-11-6-16(15-30)19-4-2-3-5-20(19)21/h2-11,22-24,32H,12-14H2,1H3/t22?,23-,24+,27-,28+/m0/s1. The first-order valence-corrected chi connectivity index (χ1v) is 11.9. The number of imide groups is 1. The Morgan fingerprint density at radius 1 is 1.08 bits per heavy atom. The predicted octanol–water partition coefficient (Wildman–Crippen LogP) is 3.72. The number of hydrogen-bond acceptors (Lipinski definition) is 6. The van der Waals surface area contributed by atoms with Gasteiger partial charge in [-0.1, -0.05) is 24.3 Å². The van der Waals surface area contributed by atoms with Crippen LogP contribution in [0.5, 0.6) is 5.75 Å². The molecule has 3 aromatic rings. The molecular weight excluding hydrogens is 463 g/mol. The first-order valence-electron chi connectivity index (χ1n) is 11.9. The number of amides is 2. The van der Waals surface area contributed by atoms with Crippen LogP contribution in [0.2, 0.25) is 0 Å². The average Bonchev–Trinajstić information content (AvgIpc) is 3.41. The number of rotatable bonds is 5. The van der Waals surface area contributed by atoms with Gasteiger partial charge in [-0.2, -0.15) is 5.26 Å². The van der Waals surface area contributed by atoms with Crippen molar-refractivity contribution in [3.8, 4) is 11.8 Å². The Morgan fingerprint density at radius 3 is 2.50 bits per heavy atom. The van der Waals surface area contributed by atoms with Crippen LogP contribution in [0.3, 0.4) is 0 Å². The lowest BCUT2D eigenvalue weighted by Crippen LogP contribution is -2.49. The Kier molecular flexibility index (Phi) is 4.94. The van der Waals surface area contributed by atoms with E-state index in [2.05, 4.69) is 6.07 Å². The van der Waals surface area contributed by atoms with Crippen LogP contribution in [0.1, 0.15) is 25.3 Å². The predicted molar refractivity (Wildman–Crippen MR) is 127 cm³/mol. The van der Waals surface area contributed by atoms with Crippen molar-refractivity contribution in [3.63, 3.8) is 0 Å². The Bertz CT molecular complexity index is 1450. The molecule has 0 radical (unpaired) electrons. The molecule has 3 saturated heterocycles. The normalized spacial score (nSPS) is 30.6. The fourth-order valence-electron chi connectivity index (χ4n) is 6.31. The zero-order valence-corrected chi connectivity index (χ0v) is 19.5. The second-order valence-corrected chi connectivity index (χ2v) is 9.88. The van der Waals surface area contributed by atoms with Crippen molar-refractivity contribution < 1.29 is 28.6 Å². The van der Waals surface area contributed by atoms with Crippen molar-refractivity contribution in [3.05, 3.63) is 72.0 Å². The highest BCUT2D eigenvalue weighted by atomic mass is 19.1.